The third-order valence-electron chi connectivity index (χ3n) is 1.14. The molecular weight excluding hydrogens is 255 g/mol. The molecule has 0 aromatic carbocycles. The van der Waals surface area contributed by atoms with Crippen LogP contribution in [-0.2, 0) is 9.47 Å². The average molecular weight is 272 g/mol. The zero-order valence-corrected chi connectivity index (χ0v) is 9.30. The summed E-state index contributed by atoms with van der Waals surface area (Å²) in [4.78, 5) is 0. The molecular formula is C8H17IO2. The number of hydrogen-bond donors (Lipinski definition) is 0. The third-order valence-corrected chi connectivity index (χ3v) is 1.91. The molecule has 0 aliphatic rings. The summed E-state index contributed by atoms with van der Waals surface area (Å²) in [6.07, 6.45) is 2.24. The molecule has 0 radical (unpaired) electrons. The number of halogens is 1. The smallest absolute Gasteiger partial charge is 0.0700 e. The van der Waals surface area contributed by atoms with Gasteiger partial charge in [-0.2, -0.15) is 0 Å². The Morgan fingerprint density at radius 2 is 1.64 bits per heavy atom. The van der Waals surface area contributed by atoms with Crippen molar-refractivity contribution in [1.82, 2.24) is 0 Å². The van der Waals surface area contributed by atoms with Crippen molar-refractivity contribution in [2.45, 2.75) is 19.8 Å². The van der Waals surface area contributed by atoms with E-state index in [1.807, 2.05) is 0 Å². The largest absolute Gasteiger partial charge is 0.379 e. The predicted molar refractivity (Wildman–Crippen MR) is 55.4 cm³/mol. The number of rotatable bonds is 8. The summed E-state index contributed by atoms with van der Waals surface area (Å²) >= 11 is 2.35. The monoisotopic (exact) mass is 272 g/mol. The molecule has 0 aliphatic carbocycles. The van der Waals surface area contributed by atoms with Crippen molar-refractivity contribution in [2.24, 2.45) is 0 Å². The van der Waals surface area contributed by atoms with E-state index in [0.29, 0.717) is 0 Å². The zero-order chi connectivity index (χ0) is 8.36. The van der Waals surface area contributed by atoms with Crippen LogP contribution in [-0.4, -0.2) is 30.9 Å². The van der Waals surface area contributed by atoms with E-state index >= 15 is 0 Å². The minimum atomic E-state index is 0.745. The van der Waals surface area contributed by atoms with Gasteiger partial charge in [0.1, 0.15) is 0 Å². The lowest BCUT2D eigenvalue weighted by molar-refractivity contribution is 0.0487. The van der Waals surface area contributed by atoms with Crippen LogP contribution in [0.15, 0.2) is 0 Å². The van der Waals surface area contributed by atoms with E-state index in [9.17, 15) is 0 Å². The van der Waals surface area contributed by atoms with Crippen LogP contribution in [0.3, 0.4) is 0 Å². The van der Waals surface area contributed by atoms with Crippen molar-refractivity contribution in [1.29, 1.82) is 0 Å². The quantitative estimate of drug-likeness (QED) is 0.383. The fourth-order valence-corrected chi connectivity index (χ4v) is 0.934. The van der Waals surface area contributed by atoms with Crippen molar-refractivity contribution in [2.75, 3.05) is 30.9 Å². The van der Waals surface area contributed by atoms with Gasteiger partial charge in [-0.25, -0.2) is 0 Å². The van der Waals surface area contributed by atoms with Gasteiger partial charge in [-0.1, -0.05) is 29.5 Å². The average Bonchev–Trinajstić information content (AvgIpc) is 2.03. The summed E-state index contributed by atoms with van der Waals surface area (Å²) in [6.45, 7) is 5.33. The summed E-state index contributed by atoms with van der Waals surface area (Å²) in [5.74, 6) is 0. The molecule has 0 unspecified atom stereocenters. The van der Waals surface area contributed by atoms with E-state index in [-0.39, 0.29) is 0 Å². The van der Waals surface area contributed by atoms with Crippen LogP contribution in [0.25, 0.3) is 0 Å². The summed E-state index contributed by atoms with van der Waals surface area (Å²) in [7, 11) is 0. The molecule has 2 nitrogen and oxygen atoms in total. The lowest BCUT2D eigenvalue weighted by atomic mass is 10.5. The maximum absolute atomic E-state index is 5.29. The van der Waals surface area contributed by atoms with Gasteiger partial charge >= 0.3 is 0 Å². The normalized spacial score (nSPS) is 10.4. The molecule has 0 amide bonds. The van der Waals surface area contributed by atoms with E-state index in [1.54, 1.807) is 0 Å². The fraction of sp³-hybridized carbons (Fsp3) is 1.00. The third kappa shape index (κ3) is 10.7. The molecule has 0 saturated carbocycles. The SMILES string of the molecule is CCCOCCOCCCI. The first-order valence-electron chi connectivity index (χ1n) is 4.13. The van der Waals surface area contributed by atoms with Gasteiger partial charge in [-0.3, -0.25) is 0 Å². The van der Waals surface area contributed by atoms with Crippen LogP contribution in [0.5, 0.6) is 0 Å². The van der Waals surface area contributed by atoms with Crippen molar-refractivity contribution >= 4 is 22.6 Å². The highest BCUT2D eigenvalue weighted by atomic mass is 127. The first-order chi connectivity index (χ1) is 5.41. The van der Waals surface area contributed by atoms with Gasteiger partial charge in [-0.05, 0) is 12.8 Å². The second-order valence-corrected chi connectivity index (χ2v) is 3.35. The number of alkyl halides is 1. The predicted octanol–water partition coefficient (Wildman–Crippen LogP) is 2.25. The van der Waals surface area contributed by atoms with Crippen LogP contribution in [0.2, 0.25) is 0 Å². The van der Waals surface area contributed by atoms with E-state index in [1.165, 1.54) is 4.43 Å². The Hall–Kier alpha value is 0.650. The highest BCUT2D eigenvalue weighted by molar-refractivity contribution is 14.1. The Bertz CT molecular complexity index is 61.1. The minimum absolute atomic E-state index is 0.745. The first-order valence-corrected chi connectivity index (χ1v) is 5.65. The molecule has 0 saturated heterocycles. The molecule has 0 heterocycles. The van der Waals surface area contributed by atoms with Gasteiger partial charge in [-0.15, -0.1) is 0 Å². The highest BCUT2D eigenvalue weighted by Gasteiger charge is 1.87. The van der Waals surface area contributed by atoms with Gasteiger partial charge in [0.25, 0.3) is 0 Å². The van der Waals surface area contributed by atoms with Crippen LogP contribution >= 0.6 is 22.6 Å². The van der Waals surface area contributed by atoms with E-state index in [4.69, 9.17) is 9.47 Å². The molecule has 68 valence electrons. The van der Waals surface area contributed by atoms with Crippen LogP contribution in [0, 0.1) is 0 Å². The van der Waals surface area contributed by atoms with Crippen LogP contribution in [0.4, 0.5) is 0 Å². The highest BCUT2D eigenvalue weighted by Crippen LogP contribution is 1.89. The Labute approximate surface area is 82.8 Å². The van der Waals surface area contributed by atoms with Gasteiger partial charge in [0, 0.05) is 17.6 Å². The van der Waals surface area contributed by atoms with E-state index in [2.05, 4.69) is 29.5 Å². The van der Waals surface area contributed by atoms with Crippen molar-refractivity contribution in [3.05, 3.63) is 0 Å². The Kier molecular flexibility index (Phi) is 11.3. The Morgan fingerprint density at radius 3 is 2.18 bits per heavy atom. The van der Waals surface area contributed by atoms with E-state index in [0.717, 1.165) is 39.3 Å². The first kappa shape index (κ1) is 11.6. The molecule has 0 aromatic heterocycles. The molecule has 11 heavy (non-hydrogen) atoms. The van der Waals surface area contributed by atoms with Gasteiger partial charge in [0.2, 0.25) is 0 Å². The number of hydrogen-bond acceptors (Lipinski definition) is 2. The summed E-state index contributed by atoms with van der Waals surface area (Å²) < 4.78 is 11.7. The molecule has 0 atom stereocenters. The standard InChI is InChI=1S/C8H17IO2/c1-2-5-10-7-8-11-6-3-4-9/h2-8H2,1H3. The second-order valence-electron chi connectivity index (χ2n) is 2.27. The molecule has 3 heteroatoms. The lowest BCUT2D eigenvalue weighted by Gasteiger charge is -2.02. The minimum Gasteiger partial charge on any atom is -0.379 e. The molecule has 0 bridgehead atoms. The van der Waals surface area contributed by atoms with Gasteiger partial charge < -0.3 is 9.47 Å². The summed E-state index contributed by atoms with van der Waals surface area (Å²) in [5.41, 5.74) is 0. The maximum Gasteiger partial charge on any atom is 0.0700 e. The number of ether oxygens (including phenoxy) is 2. The van der Waals surface area contributed by atoms with Crippen molar-refractivity contribution < 1.29 is 9.47 Å². The maximum atomic E-state index is 5.29. The topological polar surface area (TPSA) is 18.5 Å². The molecule has 0 N–H and O–H groups in total. The summed E-state index contributed by atoms with van der Waals surface area (Å²) in [5, 5.41) is 0. The molecule has 0 aromatic rings. The zero-order valence-electron chi connectivity index (χ0n) is 7.14. The lowest BCUT2D eigenvalue weighted by Crippen LogP contribution is -2.05. The Morgan fingerprint density at radius 1 is 1.00 bits per heavy atom. The van der Waals surface area contributed by atoms with Crippen molar-refractivity contribution in [3.8, 4) is 0 Å². The fourth-order valence-electron chi connectivity index (χ4n) is 0.623. The molecule has 0 fully saturated rings. The summed E-state index contributed by atoms with van der Waals surface area (Å²) in [6, 6.07) is 0. The second kappa shape index (κ2) is 10.7. The molecule has 0 aliphatic heterocycles. The Balaban J connectivity index is 2.69. The van der Waals surface area contributed by atoms with E-state index < -0.39 is 0 Å². The van der Waals surface area contributed by atoms with Crippen molar-refractivity contribution in [3.63, 3.8) is 0 Å². The van der Waals surface area contributed by atoms with Crippen LogP contribution in [0.1, 0.15) is 19.8 Å². The molecule has 0 rings (SSSR count). The van der Waals surface area contributed by atoms with Gasteiger partial charge in [0.05, 0.1) is 13.2 Å². The van der Waals surface area contributed by atoms with Crippen LogP contribution < -0.4 is 0 Å². The van der Waals surface area contributed by atoms with Gasteiger partial charge in [0.15, 0.2) is 0 Å². The molecule has 0 spiro atoms.